The van der Waals surface area contributed by atoms with Crippen molar-refractivity contribution in [3.8, 4) is 0 Å². The van der Waals surface area contributed by atoms with Gasteiger partial charge in [-0.2, -0.15) is 0 Å². The molecule has 2 rings (SSSR count). The fraction of sp³-hybridized carbons (Fsp3) is 0.300. The number of carboxylic acid groups (broad SMARTS) is 1. The van der Waals surface area contributed by atoms with E-state index in [1.165, 1.54) is 12.1 Å². The first-order valence-corrected chi connectivity index (χ1v) is 4.41. The molecule has 14 heavy (non-hydrogen) atoms. The lowest BCUT2D eigenvalue weighted by molar-refractivity contribution is 0.0692. The number of hydrogen-bond donors (Lipinski definition) is 2. The predicted molar refractivity (Wildman–Crippen MR) is 48.6 cm³/mol. The van der Waals surface area contributed by atoms with E-state index >= 15 is 0 Å². The maximum atomic E-state index is 13.2. The lowest BCUT2D eigenvalue weighted by atomic mass is 10.0. The number of hydrogen-bond acceptors (Lipinski definition) is 2. The second-order valence-corrected chi connectivity index (χ2v) is 3.48. The summed E-state index contributed by atoms with van der Waals surface area (Å²) in [6, 6.07) is 2.48. The predicted octanol–water partition coefficient (Wildman–Crippen LogP) is 1.47. The molecule has 0 aliphatic heterocycles. The number of fused-ring (bicyclic) bond motifs is 1. The number of aromatic carboxylic acids is 1. The van der Waals surface area contributed by atoms with Gasteiger partial charge in [0.2, 0.25) is 0 Å². The van der Waals surface area contributed by atoms with Gasteiger partial charge in [0.1, 0.15) is 5.82 Å². The van der Waals surface area contributed by atoms with Gasteiger partial charge < -0.3 is 10.8 Å². The van der Waals surface area contributed by atoms with Gasteiger partial charge in [-0.3, -0.25) is 0 Å². The summed E-state index contributed by atoms with van der Waals surface area (Å²) in [6.45, 7) is 0. The number of aryl methyl sites for hydroxylation is 1. The summed E-state index contributed by atoms with van der Waals surface area (Å²) in [7, 11) is 0. The van der Waals surface area contributed by atoms with Crippen LogP contribution in [-0.4, -0.2) is 11.1 Å². The van der Waals surface area contributed by atoms with Crippen LogP contribution >= 0.6 is 0 Å². The van der Waals surface area contributed by atoms with Gasteiger partial charge in [0.15, 0.2) is 0 Å². The molecular formula is C10H10FNO2. The van der Waals surface area contributed by atoms with Crippen LogP contribution in [0.15, 0.2) is 12.1 Å². The summed E-state index contributed by atoms with van der Waals surface area (Å²) in [5, 5.41) is 8.69. The van der Waals surface area contributed by atoms with Crippen molar-refractivity contribution < 1.29 is 14.3 Å². The van der Waals surface area contributed by atoms with Crippen LogP contribution in [0.5, 0.6) is 0 Å². The highest BCUT2D eigenvalue weighted by atomic mass is 19.1. The molecule has 0 radical (unpaired) electrons. The minimum atomic E-state index is -1.23. The summed E-state index contributed by atoms with van der Waals surface area (Å²) in [5.41, 5.74) is 7.06. The minimum Gasteiger partial charge on any atom is -0.478 e. The van der Waals surface area contributed by atoms with Crippen LogP contribution in [0.1, 0.15) is 33.9 Å². The molecule has 1 aliphatic rings. The van der Waals surface area contributed by atoms with Gasteiger partial charge in [0.25, 0.3) is 0 Å². The van der Waals surface area contributed by atoms with Gasteiger partial charge in [-0.15, -0.1) is 0 Å². The number of carbonyl (C=O) groups is 1. The monoisotopic (exact) mass is 195 g/mol. The van der Waals surface area contributed by atoms with Crippen molar-refractivity contribution in [2.75, 3.05) is 0 Å². The molecule has 0 saturated heterocycles. The summed E-state index contributed by atoms with van der Waals surface area (Å²) < 4.78 is 13.2. The molecule has 0 amide bonds. The topological polar surface area (TPSA) is 63.3 Å². The molecule has 0 saturated carbocycles. The van der Waals surface area contributed by atoms with Crippen LogP contribution in [0.2, 0.25) is 0 Å². The molecule has 74 valence electrons. The van der Waals surface area contributed by atoms with Crippen molar-refractivity contribution in [3.63, 3.8) is 0 Å². The molecule has 0 fully saturated rings. The number of benzene rings is 1. The smallest absolute Gasteiger partial charge is 0.338 e. The first kappa shape index (κ1) is 9.15. The van der Waals surface area contributed by atoms with E-state index in [1.54, 1.807) is 0 Å². The van der Waals surface area contributed by atoms with Gasteiger partial charge >= 0.3 is 5.97 Å². The highest BCUT2D eigenvalue weighted by Crippen LogP contribution is 2.31. The van der Waals surface area contributed by atoms with Gasteiger partial charge in [0, 0.05) is 6.04 Å². The van der Waals surface area contributed by atoms with E-state index in [9.17, 15) is 9.18 Å². The first-order valence-electron chi connectivity index (χ1n) is 4.41. The number of carboxylic acids is 1. The van der Waals surface area contributed by atoms with Crippen molar-refractivity contribution in [1.29, 1.82) is 0 Å². The quantitative estimate of drug-likeness (QED) is 0.713. The molecule has 1 atom stereocenters. The Morgan fingerprint density at radius 2 is 2.29 bits per heavy atom. The Bertz CT molecular complexity index is 403. The Labute approximate surface area is 80.3 Å². The van der Waals surface area contributed by atoms with E-state index in [2.05, 4.69) is 0 Å². The number of halogens is 1. The Kier molecular flexibility index (Phi) is 2.00. The van der Waals surface area contributed by atoms with Gasteiger partial charge in [0.05, 0.1) is 5.56 Å². The first-order chi connectivity index (χ1) is 6.59. The van der Waals surface area contributed by atoms with Crippen LogP contribution in [-0.2, 0) is 6.42 Å². The van der Waals surface area contributed by atoms with Crippen molar-refractivity contribution in [2.45, 2.75) is 18.9 Å². The largest absolute Gasteiger partial charge is 0.478 e. The van der Waals surface area contributed by atoms with E-state index in [0.717, 1.165) is 24.0 Å². The molecule has 0 bridgehead atoms. The Morgan fingerprint density at radius 1 is 1.57 bits per heavy atom. The van der Waals surface area contributed by atoms with E-state index < -0.39 is 11.8 Å². The second kappa shape index (κ2) is 3.06. The summed E-state index contributed by atoms with van der Waals surface area (Å²) in [6.07, 6.45) is 1.49. The summed E-state index contributed by atoms with van der Waals surface area (Å²) in [4.78, 5) is 10.6. The molecule has 0 unspecified atom stereocenters. The molecular weight excluding hydrogens is 185 g/mol. The normalized spacial score (nSPS) is 19.4. The van der Waals surface area contributed by atoms with Crippen LogP contribution < -0.4 is 5.73 Å². The Hall–Kier alpha value is -1.42. The third-order valence-corrected chi connectivity index (χ3v) is 2.58. The summed E-state index contributed by atoms with van der Waals surface area (Å²) >= 11 is 0. The lowest BCUT2D eigenvalue weighted by Gasteiger charge is -2.06. The van der Waals surface area contributed by atoms with Crippen LogP contribution in [0, 0.1) is 5.82 Å². The molecule has 1 aromatic carbocycles. The fourth-order valence-corrected chi connectivity index (χ4v) is 1.83. The molecule has 3 nitrogen and oxygen atoms in total. The molecule has 1 aromatic rings. The highest BCUT2D eigenvalue weighted by molar-refractivity contribution is 5.88. The molecule has 0 aromatic heterocycles. The zero-order valence-electron chi connectivity index (χ0n) is 7.46. The standard InChI is InChI=1S/C10H10FNO2/c11-8-4-6-5(1-2-9(6)12)3-7(8)10(13)14/h3-4,9H,1-2,12H2,(H,13,14)/t9-/m0/s1. The van der Waals surface area contributed by atoms with Crippen LogP contribution in [0.25, 0.3) is 0 Å². The highest BCUT2D eigenvalue weighted by Gasteiger charge is 2.23. The third-order valence-electron chi connectivity index (χ3n) is 2.58. The maximum absolute atomic E-state index is 13.2. The van der Waals surface area contributed by atoms with Crippen molar-refractivity contribution in [2.24, 2.45) is 5.73 Å². The fourth-order valence-electron chi connectivity index (χ4n) is 1.83. The summed E-state index contributed by atoms with van der Waals surface area (Å²) in [5.74, 6) is -1.93. The SMILES string of the molecule is N[C@H]1CCc2cc(C(=O)O)c(F)cc21. The van der Waals surface area contributed by atoms with E-state index in [-0.39, 0.29) is 11.6 Å². The average Bonchev–Trinajstić information content (AvgIpc) is 2.46. The second-order valence-electron chi connectivity index (χ2n) is 3.48. The molecule has 0 heterocycles. The van der Waals surface area contributed by atoms with Crippen LogP contribution in [0.3, 0.4) is 0 Å². The lowest BCUT2D eigenvalue weighted by Crippen LogP contribution is -2.07. The van der Waals surface area contributed by atoms with Crippen molar-refractivity contribution in [3.05, 3.63) is 34.6 Å². The van der Waals surface area contributed by atoms with Gasteiger partial charge in [-0.25, -0.2) is 9.18 Å². The van der Waals surface area contributed by atoms with Gasteiger partial charge in [-0.1, -0.05) is 0 Å². The maximum Gasteiger partial charge on any atom is 0.338 e. The van der Waals surface area contributed by atoms with Crippen molar-refractivity contribution in [1.82, 2.24) is 0 Å². The van der Waals surface area contributed by atoms with Crippen LogP contribution in [0.4, 0.5) is 4.39 Å². The molecule has 1 aliphatic carbocycles. The van der Waals surface area contributed by atoms with E-state index in [4.69, 9.17) is 10.8 Å². The van der Waals surface area contributed by atoms with E-state index in [0.29, 0.717) is 0 Å². The molecule has 3 N–H and O–H groups in total. The van der Waals surface area contributed by atoms with E-state index in [1.807, 2.05) is 0 Å². The zero-order chi connectivity index (χ0) is 10.3. The Morgan fingerprint density at radius 3 is 2.93 bits per heavy atom. The third kappa shape index (κ3) is 1.28. The average molecular weight is 195 g/mol. The number of nitrogens with two attached hydrogens (primary N) is 1. The zero-order valence-corrected chi connectivity index (χ0v) is 7.46. The van der Waals surface area contributed by atoms with Crippen molar-refractivity contribution >= 4 is 5.97 Å². The van der Waals surface area contributed by atoms with Gasteiger partial charge in [-0.05, 0) is 36.1 Å². The number of rotatable bonds is 1. The molecule has 4 heteroatoms. The molecule has 0 spiro atoms. The Balaban J connectivity index is 2.55. The minimum absolute atomic E-state index is 0.151.